The minimum Gasteiger partial charge on any atom is -0.545 e. The SMILES string of the molecule is Cc1ccc(N2C[C@H](C(=O)Nc3ccc(C(=O)[O-])cc3)CC2=O)cc1Cl. The first-order valence-electron chi connectivity index (χ1n) is 8.04. The number of hydrogen-bond donors (Lipinski definition) is 1. The van der Waals surface area contributed by atoms with Gasteiger partial charge < -0.3 is 20.1 Å². The van der Waals surface area contributed by atoms with Crippen LogP contribution in [0.25, 0.3) is 0 Å². The summed E-state index contributed by atoms with van der Waals surface area (Å²) in [6, 6.07) is 11.0. The van der Waals surface area contributed by atoms with E-state index in [9.17, 15) is 19.5 Å². The lowest BCUT2D eigenvalue weighted by molar-refractivity contribution is -0.255. The van der Waals surface area contributed by atoms with Crippen molar-refractivity contribution in [2.45, 2.75) is 13.3 Å². The van der Waals surface area contributed by atoms with E-state index in [-0.39, 0.29) is 30.3 Å². The van der Waals surface area contributed by atoms with Crippen LogP contribution in [0, 0.1) is 12.8 Å². The van der Waals surface area contributed by atoms with Crippen molar-refractivity contribution < 1.29 is 19.5 Å². The molecule has 0 aromatic heterocycles. The van der Waals surface area contributed by atoms with Crippen LogP contribution < -0.4 is 15.3 Å². The fourth-order valence-corrected chi connectivity index (χ4v) is 2.99. The number of carboxylic acid groups (broad SMARTS) is 1. The third-order valence-electron chi connectivity index (χ3n) is 4.35. The highest BCUT2D eigenvalue weighted by Gasteiger charge is 2.35. The van der Waals surface area contributed by atoms with Crippen LogP contribution >= 0.6 is 11.6 Å². The molecule has 2 aromatic rings. The number of amides is 2. The number of halogens is 1. The highest BCUT2D eigenvalue weighted by atomic mass is 35.5. The molecule has 0 radical (unpaired) electrons. The van der Waals surface area contributed by atoms with Crippen LogP contribution in [-0.2, 0) is 9.59 Å². The summed E-state index contributed by atoms with van der Waals surface area (Å²) in [6.07, 6.45) is 0.106. The predicted octanol–water partition coefficient (Wildman–Crippen LogP) is 2.00. The Labute approximate surface area is 155 Å². The van der Waals surface area contributed by atoms with Crippen molar-refractivity contribution in [1.82, 2.24) is 0 Å². The third-order valence-corrected chi connectivity index (χ3v) is 4.76. The molecule has 1 atom stereocenters. The Bertz CT molecular complexity index is 880. The first-order chi connectivity index (χ1) is 12.3. The first-order valence-corrected chi connectivity index (χ1v) is 8.42. The largest absolute Gasteiger partial charge is 0.545 e. The van der Waals surface area contributed by atoms with E-state index in [4.69, 9.17) is 11.6 Å². The number of anilines is 2. The van der Waals surface area contributed by atoms with Crippen molar-refractivity contribution in [2.75, 3.05) is 16.8 Å². The molecule has 0 aliphatic carbocycles. The van der Waals surface area contributed by atoms with E-state index >= 15 is 0 Å². The Morgan fingerprint density at radius 2 is 1.88 bits per heavy atom. The summed E-state index contributed by atoms with van der Waals surface area (Å²) in [7, 11) is 0. The molecule has 0 spiro atoms. The van der Waals surface area contributed by atoms with Crippen LogP contribution in [0.2, 0.25) is 5.02 Å². The average Bonchev–Trinajstić information content (AvgIpc) is 3.00. The minimum absolute atomic E-state index is 0.0291. The molecule has 2 amide bonds. The second-order valence-corrected chi connectivity index (χ2v) is 6.60. The van der Waals surface area contributed by atoms with Crippen LogP contribution in [0.1, 0.15) is 22.3 Å². The third kappa shape index (κ3) is 3.70. The standard InChI is InChI=1S/C19H17ClN2O4/c1-11-2-7-15(9-16(11)20)22-10-13(8-17(22)23)18(24)21-14-5-3-12(4-6-14)19(25)26/h2-7,9,13H,8,10H2,1H3,(H,21,24)(H,25,26)/p-1/t13-/m1/s1. The second kappa shape index (κ2) is 7.17. The molecule has 1 heterocycles. The van der Waals surface area contributed by atoms with Crippen molar-refractivity contribution in [3.8, 4) is 0 Å². The van der Waals surface area contributed by atoms with Gasteiger partial charge in [0.25, 0.3) is 0 Å². The van der Waals surface area contributed by atoms with Gasteiger partial charge in [-0.15, -0.1) is 0 Å². The van der Waals surface area contributed by atoms with E-state index in [1.807, 2.05) is 13.0 Å². The molecule has 1 aliphatic rings. The van der Waals surface area contributed by atoms with E-state index in [1.54, 1.807) is 17.0 Å². The summed E-state index contributed by atoms with van der Waals surface area (Å²) < 4.78 is 0. The van der Waals surface area contributed by atoms with Gasteiger partial charge in [0.1, 0.15) is 0 Å². The molecule has 134 valence electrons. The highest BCUT2D eigenvalue weighted by molar-refractivity contribution is 6.31. The lowest BCUT2D eigenvalue weighted by Gasteiger charge is -2.17. The maximum atomic E-state index is 12.4. The molecule has 1 N–H and O–H groups in total. The number of benzene rings is 2. The molecule has 1 aliphatic heterocycles. The number of carboxylic acids is 1. The Morgan fingerprint density at radius 1 is 1.19 bits per heavy atom. The van der Waals surface area contributed by atoms with Crippen molar-refractivity contribution in [1.29, 1.82) is 0 Å². The molecule has 6 nitrogen and oxygen atoms in total. The number of nitrogens with one attached hydrogen (secondary N) is 1. The van der Waals surface area contributed by atoms with E-state index in [1.165, 1.54) is 24.3 Å². The number of rotatable bonds is 4. The molecule has 0 bridgehead atoms. The number of carbonyl (C=O) groups excluding carboxylic acids is 3. The number of aromatic carboxylic acids is 1. The number of nitrogens with zero attached hydrogens (tertiary/aromatic N) is 1. The molecular weight excluding hydrogens is 356 g/mol. The molecule has 1 saturated heterocycles. The number of hydrogen-bond acceptors (Lipinski definition) is 4. The highest BCUT2D eigenvalue weighted by Crippen LogP contribution is 2.29. The van der Waals surface area contributed by atoms with Crippen LogP contribution in [0.4, 0.5) is 11.4 Å². The maximum absolute atomic E-state index is 12.4. The zero-order valence-electron chi connectivity index (χ0n) is 14.0. The van der Waals surface area contributed by atoms with Gasteiger partial charge in [-0.05, 0) is 42.3 Å². The van der Waals surface area contributed by atoms with Gasteiger partial charge >= 0.3 is 0 Å². The Hall–Kier alpha value is -2.86. The predicted molar refractivity (Wildman–Crippen MR) is 96.1 cm³/mol. The van der Waals surface area contributed by atoms with Gasteiger partial charge in [-0.2, -0.15) is 0 Å². The fraction of sp³-hybridized carbons (Fsp3) is 0.211. The van der Waals surface area contributed by atoms with Crippen LogP contribution in [0.5, 0.6) is 0 Å². The minimum atomic E-state index is -1.28. The summed E-state index contributed by atoms with van der Waals surface area (Å²) in [5.41, 5.74) is 2.07. The van der Waals surface area contributed by atoms with E-state index in [0.717, 1.165) is 5.56 Å². The van der Waals surface area contributed by atoms with Gasteiger partial charge in [0.05, 0.1) is 11.9 Å². The number of aryl methyl sites for hydroxylation is 1. The smallest absolute Gasteiger partial charge is 0.229 e. The molecule has 0 unspecified atom stereocenters. The number of carbonyl (C=O) groups is 3. The van der Waals surface area contributed by atoms with Crippen molar-refractivity contribution >= 4 is 40.8 Å². The normalized spacial score (nSPS) is 16.6. The van der Waals surface area contributed by atoms with Gasteiger partial charge in [0, 0.05) is 29.4 Å². The zero-order valence-corrected chi connectivity index (χ0v) is 14.7. The van der Waals surface area contributed by atoms with E-state index < -0.39 is 11.9 Å². The Kier molecular flexibility index (Phi) is 4.95. The van der Waals surface area contributed by atoms with Crippen molar-refractivity contribution in [2.24, 2.45) is 5.92 Å². The second-order valence-electron chi connectivity index (χ2n) is 6.19. The quantitative estimate of drug-likeness (QED) is 0.890. The van der Waals surface area contributed by atoms with Crippen LogP contribution in [0.15, 0.2) is 42.5 Å². The lowest BCUT2D eigenvalue weighted by atomic mass is 10.1. The topological polar surface area (TPSA) is 89.5 Å². The summed E-state index contributed by atoms with van der Waals surface area (Å²) in [5, 5.41) is 14.0. The van der Waals surface area contributed by atoms with Gasteiger partial charge in [-0.1, -0.05) is 29.8 Å². The van der Waals surface area contributed by atoms with Gasteiger partial charge in [0.15, 0.2) is 0 Å². The molecule has 2 aromatic carbocycles. The first kappa shape index (κ1) is 17.9. The molecule has 1 fully saturated rings. The van der Waals surface area contributed by atoms with Crippen LogP contribution in [-0.4, -0.2) is 24.3 Å². The fourth-order valence-electron chi connectivity index (χ4n) is 2.82. The average molecular weight is 372 g/mol. The van der Waals surface area contributed by atoms with Crippen molar-refractivity contribution in [3.63, 3.8) is 0 Å². The summed E-state index contributed by atoms with van der Waals surface area (Å²) in [5.74, 6) is -2.21. The molecule has 3 rings (SSSR count). The maximum Gasteiger partial charge on any atom is 0.229 e. The summed E-state index contributed by atoms with van der Waals surface area (Å²) in [4.78, 5) is 37.0. The van der Waals surface area contributed by atoms with Crippen LogP contribution in [0.3, 0.4) is 0 Å². The zero-order chi connectivity index (χ0) is 18.8. The molecule has 7 heteroatoms. The van der Waals surface area contributed by atoms with Gasteiger partial charge in [-0.25, -0.2) is 0 Å². The lowest BCUT2D eigenvalue weighted by Crippen LogP contribution is -2.28. The summed E-state index contributed by atoms with van der Waals surface area (Å²) >= 11 is 6.12. The van der Waals surface area contributed by atoms with Crippen molar-refractivity contribution in [3.05, 3.63) is 58.6 Å². The van der Waals surface area contributed by atoms with Gasteiger partial charge in [0.2, 0.25) is 11.8 Å². The summed E-state index contributed by atoms with van der Waals surface area (Å²) in [6.45, 7) is 2.14. The Balaban J connectivity index is 1.68. The Morgan fingerprint density at radius 3 is 2.50 bits per heavy atom. The van der Waals surface area contributed by atoms with Gasteiger partial charge in [-0.3, -0.25) is 9.59 Å². The molecule has 26 heavy (non-hydrogen) atoms. The molecule has 0 saturated carbocycles. The van der Waals surface area contributed by atoms with E-state index in [2.05, 4.69) is 5.32 Å². The monoisotopic (exact) mass is 371 g/mol. The molecular formula is C19H16ClN2O4-. The van der Waals surface area contributed by atoms with E-state index in [0.29, 0.717) is 16.4 Å².